The van der Waals surface area contributed by atoms with Crippen molar-refractivity contribution in [3.05, 3.63) is 35.9 Å². The van der Waals surface area contributed by atoms with Crippen LogP contribution in [0.4, 0.5) is 0 Å². The molecule has 1 aliphatic rings. The molecule has 3 heteroatoms. The van der Waals surface area contributed by atoms with Crippen LogP contribution in [-0.2, 0) is 6.54 Å². The van der Waals surface area contributed by atoms with Gasteiger partial charge in [-0.2, -0.15) is 0 Å². The number of hydrogen-bond donors (Lipinski definition) is 2. The molecule has 94 valence electrons. The van der Waals surface area contributed by atoms with Crippen LogP contribution in [0.3, 0.4) is 0 Å². The van der Waals surface area contributed by atoms with E-state index in [9.17, 15) is 5.11 Å². The topological polar surface area (TPSA) is 35.5 Å². The normalized spacial score (nSPS) is 26.0. The fourth-order valence-electron chi connectivity index (χ4n) is 2.60. The van der Waals surface area contributed by atoms with Crippen LogP contribution >= 0.6 is 0 Å². The van der Waals surface area contributed by atoms with Gasteiger partial charge in [0.15, 0.2) is 0 Å². The summed E-state index contributed by atoms with van der Waals surface area (Å²) in [6.45, 7) is 3.41. The van der Waals surface area contributed by atoms with Gasteiger partial charge < -0.3 is 10.4 Å². The predicted molar refractivity (Wildman–Crippen MR) is 69.8 cm³/mol. The summed E-state index contributed by atoms with van der Waals surface area (Å²) in [5.74, 6) is 0.409. The minimum absolute atomic E-state index is 0.296. The Kier molecular flexibility index (Phi) is 4.54. The minimum atomic E-state index is 0.296. The minimum Gasteiger partial charge on any atom is -0.396 e. The first-order valence-electron chi connectivity index (χ1n) is 6.38. The van der Waals surface area contributed by atoms with Gasteiger partial charge in [-0.3, -0.25) is 4.90 Å². The molecule has 1 fully saturated rings. The first-order chi connectivity index (χ1) is 8.33. The lowest BCUT2D eigenvalue weighted by molar-refractivity contribution is 0.0949. The van der Waals surface area contributed by atoms with E-state index in [1.807, 2.05) is 7.05 Å². The second-order valence-corrected chi connectivity index (χ2v) is 4.85. The van der Waals surface area contributed by atoms with Gasteiger partial charge in [0.2, 0.25) is 0 Å². The molecule has 2 atom stereocenters. The van der Waals surface area contributed by atoms with E-state index in [-0.39, 0.29) is 0 Å². The van der Waals surface area contributed by atoms with Gasteiger partial charge in [-0.25, -0.2) is 0 Å². The van der Waals surface area contributed by atoms with E-state index in [4.69, 9.17) is 0 Å². The summed E-state index contributed by atoms with van der Waals surface area (Å²) >= 11 is 0. The number of nitrogens with one attached hydrogen (secondary N) is 1. The number of piperidine rings is 1. The molecule has 3 nitrogen and oxygen atoms in total. The molecule has 17 heavy (non-hydrogen) atoms. The Hall–Kier alpha value is -0.900. The van der Waals surface area contributed by atoms with Gasteiger partial charge in [-0.05, 0) is 31.5 Å². The van der Waals surface area contributed by atoms with Gasteiger partial charge in [0.05, 0.1) is 0 Å². The zero-order chi connectivity index (χ0) is 12.1. The van der Waals surface area contributed by atoms with E-state index in [1.165, 1.54) is 5.56 Å². The molecule has 0 spiro atoms. The lowest BCUT2D eigenvalue weighted by Gasteiger charge is -2.37. The zero-order valence-electron chi connectivity index (χ0n) is 10.5. The standard InChI is InChI=1S/C14H22N2O/c1-15-14-10-16(8-7-13(14)11-17)9-12-5-3-2-4-6-12/h2-6,13-15,17H,7-11H2,1H3. The predicted octanol–water partition coefficient (Wildman–Crippen LogP) is 1.09. The van der Waals surface area contributed by atoms with E-state index >= 15 is 0 Å². The molecule has 0 saturated carbocycles. The van der Waals surface area contributed by atoms with Crippen molar-refractivity contribution in [1.82, 2.24) is 10.2 Å². The molecule has 1 saturated heterocycles. The molecule has 0 bridgehead atoms. The second kappa shape index (κ2) is 6.15. The Morgan fingerprint density at radius 1 is 1.35 bits per heavy atom. The maximum absolute atomic E-state index is 9.31. The molecule has 1 heterocycles. The molecule has 2 N–H and O–H groups in total. The third-order valence-electron chi connectivity index (χ3n) is 3.69. The number of aliphatic hydroxyl groups excluding tert-OH is 1. The van der Waals surface area contributed by atoms with Crippen molar-refractivity contribution in [2.24, 2.45) is 5.92 Å². The van der Waals surface area contributed by atoms with Crippen LogP contribution in [0.25, 0.3) is 0 Å². The average molecular weight is 234 g/mol. The number of likely N-dealkylation sites (tertiary alicyclic amines) is 1. The fraction of sp³-hybridized carbons (Fsp3) is 0.571. The smallest absolute Gasteiger partial charge is 0.0475 e. The van der Waals surface area contributed by atoms with Crippen LogP contribution in [0.1, 0.15) is 12.0 Å². The Morgan fingerprint density at radius 3 is 2.76 bits per heavy atom. The second-order valence-electron chi connectivity index (χ2n) is 4.85. The molecule has 2 rings (SSSR count). The molecule has 0 radical (unpaired) electrons. The molecular weight excluding hydrogens is 212 g/mol. The van der Waals surface area contributed by atoms with Crippen LogP contribution in [0.15, 0.2) is 30.3 Å². The van der Waals surface area contributed by atoms with Crippen LogP contribution in [0, 0.1) is 5.92 Å². The number of likely N-dealkylation sites (N-methyl/N-ethyl adjacent to an activating group) is 1. The number of aliphatic hydroxyl groups is 1. The van der Waals surface area contributed by atoms with Gasteiger partial charge in [0.1, 0.15) is 0 Å². The molecule has 1 aliphatic heterocycles. The third-order valence-corrected chi connectivity index (χ3v) is 3.69. The van der Waals surface area contributed by atoms with Crippen molar-refractivity contribution in [3.8, 4) is 0 Å². The van der Waals surface area contributed by atoms with Gasteiger partial charge >= 0.3 is 0 Å². The van der Waals surface area contributed by atoms with Crippen LogP contribution in [0.5, 0.6) is 0 Å². The number of hydrogen-bond acceptors (Lipinski definition) is 3. The van der Waals surface area contributed by atoms with E-state index in [1.54, 1.807) is 0 Å². The highest BCUT2D eigenvalue weighted by Crippen LogP contribution is 2.18. The molecule has 0 amide bonds. The molecule has 0 aliphatic carbocycles. The molecular formula is C14H22N2O. The summed E-state index contributed by atoms with van der Waals surface area (Å²) in [4.78, 5) is 2.46. The molecule has 2 unspecified atom stereocenters. The Bertz CT molecular complexity index is 328. The highest BCUT2D eigenvalue weighted by molar-refractivity contribution is 5.14. The van der Waals surface area contributed by atoms with Gasteiger partial charge in [0, 0.05) is 25.7 Å². The summed E-state index contributed by atoms with van der Waals surface area (Å²) < 4.78 is 0. The van der Waals surface area contributed by atoms with Crippen molar-refractivity contribution in [3.63, 3.8) is 0 Å². The Labute approximate surface area is 103 Å². The number of nitrogens with zero attached hydrogens (tertiary/aromatic N) is 1. The fourth-order valence-corrected chi connectivity index (χ4v) is 2.60. The van der Waals surface area contributed by atoms with Crippen LogP contribution in [-0.4, -0.2) is 42.8 Å². The summed E-state index contributed by atoms with van der Waals surface area (Å²) in [6, 6.07) is 11.0. The first-order valence-corrected chi connectivity index (χ1v) is 6.38. The zero-order valence-corrected chi connectivity index (χ0v) is 10.5. The maximum atomic E-state index is 9.31. The largest absolute Gasteiger partial charge is 0.396 e. The summed E-state index contributed by atoms with van der Waals surface area (Å²) in [5.41, 5.74) is 1.37. The number of rotatable bonds is 4. The van der Waals surface area contributed by atoms with E-state index in [0.29, 0.717) is 18.6 Å². The van der Waals surface area contributed by atoms with Crippen molar-refractivity contribution in [1.29, 1.82) is 0 Å². The Morgan fingerprint density at radius 2 is 2.12 bits per heavy atom. The van der Waals surface area contributed by atoms with Crippen molar-refractivity contribution >= 4 is 0 Å². The van der Waals surface area contributed by atoms with Crippen molar-refractivity contribution < 1.29 is 5.11 Å². The van der Waals surface area contributed by atoms with Crippen molar-refractivity contribution in [2.45, 2.75) is 19.0 Å². The van der Waals surface area contributed by atoms with E-state index < -0.39 is 0 Å². The molecule has 0 aromatic heterocycles. The summed E-state index contributed by atoms with van der Waals surface area (Å²) in [5, 5.41) is 12.6. The van der Waals surface area contributed by atoms with Crippen LogP contribution in [0.2, 0.25) is 0 Å². The highest BCUT2D eigenvalue weighted by atomic mass is 16.3. The molecule has 1 aromatic rings. The first kappa shape index (κ1) is 12.6. The quantitative estimate of drug-likeness (QED) is 0.818. The summed E-state index contributed by atoms with van der Waals surface area (Å²) in [7, 11) is 1.99. The maximum Gasteiger partial charge on any atom is 0.0475 e. The monoisotopic (exact) mass is 234 g/mol. The average Bonchev–Trinajstić information content (AvgIpc) is 2.40. The lowest BCUT2D eigenvalue weighted by atomic mass is 9.92. The SMILES string of the molecule is CNC1CN(Cc2ccccc2)CCC1CO. The van der Waals surface area contributed by atoms with Gasteiger partial charge in [-0.15, -0.1) is 0 Å². The van der Waals surface area contributed by atoms with Gasteiger partial charge in [0.25, 0.3) is 0 Å². The van der Waals surface area contributed by atoms with Gasteiger partial charge in [-0.1, -0.05) is 30.3 Å². The van der Waals surface area contributed by atoms with E-state index in [2.05, 4.69) is 40.5 Å². The number of benzene rings is 1. The van der Waals surface area contributed by atoms with Crippen molar-refractivity contribution in [2.75, 3.05) is 26.7 Å². The van der Waals surface area contributed by atoms with E-state index in [0.717, 1.165) is 26.1 Å². The lowest BCUT2D eigenvalue weighted by Crippen LogP contribution is -2.50. The highest BCUT2D eigenvalue weighted by Gasteiger charge is 2.27. The Balaban J connectivity index is 1.91. The van der Waals surface area contributed by atoms with Crippen LogP contribution < -0.4 is 5.32 Å². The molecule has 1 aromatic carbocycles. The third kappa shape index (κ3) is 3.28. The summed E-state index contributed by atoms with van der Waals surface area (Å²) in [6.07, 6.45) is 1.08.